The second-order valence-corrected chi connectivity index (χ2v) is 6.65. The number of halogens is 1. The molecule has 1 heterocycles. The van der Waals surface area contributed by atoms with Gasteiger partial charge in [-0.15, -0.1) is 12.4 Å². The second-order valence-electron chi connectivity index (χ2n) is 6.65. The number of rotatable bonds is 5. The standard InChI is InChI=1S/C21H25N3O3.ClH/c1-27-19-8-5-16(6-9-19)7-10-20(25)23-11-13-24(14-12-23)21(26)17-3-2-4-18(22)15-17;/h2-6,8-9,15H,7,10-14,22H2,1H3;1H. The van der Waals surface area contributed by atoms with Crippen LogP contribution in [-0.4, -0.2) is 54.9 Å². The molecule has 1 fully saturated rings. The molecule has 0 bridgehead atoms. The van der Waals surface area contributed by atoms with Gasteiger partial charge in [0.25, 0.3) is 5.91 Å². The maximum absolute atomic E-state index is 12.5. The number of ether oxygens (including phenoxy) is 1. The smallest absolute Gasteiger partial charge is 0.254 e. The minimum Gasteiger partial charge on any atom is -0.497 e. The first kappa shape index (κ1) is 21.6. The first-order valence-electron chi connectivity index (χ1n) is 9.12. The number of carbonyl (C=O) groups is 2. The Kier molecular flexibility index (Phi) is 7.70. The van der Waals surface area contributed by atoms with Gasteiger partial charge in [0, 0.05) is 43.9 Å². The molecule has 6 nitrogen and oxygen atoms in total. The SMILES string of the molecule is COc1ccc(CCC(=O)N2CCN(C(=O)c3cccc(N)c3)CC2)cc1.Cl. The maximum Gasteiger partial charge on any atom is 0.254 e. The lowest BCUT2D eigenvalue weighted by molar-refractivity contribution is -0.132. The van der Waals surface area contributed by atoms with Crippen molar-refractivity contribution in [3.63, 3.8) is 0 Å². The second kappa shape index (κ2) is 9.99. The number of methoxy groups -OCH3 is 1. The van der Waals surface area contributed by atoms with Crippen molar-refractivity contribution in [1.29, 1.82) is 0 Å². The van der Waals surface area contributed by atoms with E-state index in [1.165, 1.54) is 0 Å². The fourth-order valence-electron chi connectivity index (χ4n) is 3.21. The third kappa shape index (κ3) is 5.39. The van der Waals surface area contributed by atoms with Crippen LogP contribution >= 0.6 is 12.4 Å². The minimum absolute atomic E-state index is 0. The van der Waals surface area contributed by atoms with Crippen LogP contribution in [0.4, 0.5) is 5.69 Å². The highest BCUT2D eigenvalue weighted by Crippen LogP contribution is 2.15. The summed E-state index contributed by atoms with van der Waals surface area (Å²) in [5.74, 6) is 0.903. The molecule has 7 heteroatoms. The molecule has 2 N–H and O–H groups in total. The highest BCUT2D eigenvalue weighted by atomic mass is 35.5. The van der Waals surface area contributed by atoms with Gasteiger partial charge in [-0.05, 0) is 42.3 Å². The third-order valence-electron chi connectivity index (χ3n) is 4.84. The number of hydrogen-bond donors (Lipinski definition) is 1. The molecule has 2 aromatic carbocycles. The van der Waals surface area contributed by atoms with E-state index in [1.54, 1.807) is 36.3 Å². The van der Waals surface area contributed by atoms with Crippen LogP contribution in [0.3, 0.4) is 0 Å². The molecule has 0 radical (unpaired) electrons. The number of hydrogen-bond acceptors (Lipinski definition) is 4. The largest absolute Gasteiger partial charge is 0.497 e. The van der Waals surface area contributed by atoms with Gasteiger partial charge >= 0.3 is 0 Å². The van der Waals surface area contributed by atoms with Crippen LogP contribution in [0.2, 0.25) is 0 Å². The molecule has 2 aromatic rings. The van der Waals surface area contributed by atoms with E-state index < -0.39 is 0 Å². The number of nitrogens with zero attached hydrogens (tertiary/aromatic N) is 2. The third-order valence-corrected chi connectivity index (χ3v) is 4.84. The van der Waals surface area contributed by atoms with Crippen molar-refractivity contribution in [3.8, 4) is 5.75 Å². The zero-order valence-corrected chi connectivity index (χ0v) is 16.8. The number of carbonyl (C=O) groups excluding carboxylic acids is 2. The molecular formula is C21H26ClN3O3. The number of nitrogens with two attached hydrogens (primary N) is 1. The predicted molar refractivity (Wildman–Crippen MR) is 112 cm³/mol. The van der Waals surface area contributed by atoms with E-state index in [0.29, 0.717) is 50.3 Å². The number of nitrogen functional groups attached to an aromatic ring is 1. The summed E-state index contributed by atoms with van der Waals surface area (Å²) in [5, 5.41) is 0. The topological polar surface area (TPSA) is 75.9 Å². The first-order chi connectivity index (χ1) is 13.1. The first-order valence-corrected chi connectivity index (χ1v) is 9.12. The van der Waals surface area contributed by atoms with Crippen molar-refractivity contribution in [2.45, 2.75) is 12.8 Å². The van der Waals surface area contributed by atoms with E-state index in [2.05, 4.69) is 0 Å². The fourth-order valence-corrected chi connectivity index (χ4v) is 3.21. The van der Waals surface area contributed by atoms with Gasteiger partial charge in [0.05, 0.1) is 7.11 Å². The lowest BCUT2D eigenvalue weighted by Crippen LogP contribution is -2.50. The Labute approximate surface area is 171 Å². The number of piperazine rings is 1. The summed E-state index contributed by atoms with van der Waals surface area (Å²) in [5.41, 5.74) is 8.03. The molecule has 1 aliphatic rings. The van der Waals surface area contributed by atoms with Gasteiger partial charge < -0.3 is 20.3 Å². The Balaban J connectivity index is 0.00000280. The predicted octanol–water partition coefficient (Wildman–Crippen LogP) is 2.62. The summed E-state index contributed by atoms with van der Waals surface area (Å²) in [7, 11) is 1.63. The van der Waals surface area contributed by atoms with Crippen molar-refractivity contribution >= 4 is 29.9 Å². The van der Waals surface area contributed by atoms with Crippen LogP contribution in [-0.2, 0) is 11.2 Å². The summed E-state index contributed by atoms with van der Waals surface area (Å²) in [6, 6.07) is 14.8. The van der Waals surface area contributed by atoms with Gasteiger partial charge in [-0.1, -0.05) is 18.2 Å². The van der Waals surface area contributed by atoms with Crippen molar-refractivity contribution in [3.05, 3.63) is 59.7 Å². The van der Waals surface area contributed by atoms with Gasteiger partial charge in [-0.3, -0.25) is 9.59 Å². The van der Waals surface area contributed by atoms with Crippen LogP contribution in [0, 0.1) is 0 Å². The van der Waals surface area contributed by atoms with Crippen LogP contribution in [0.25, 0.3) is 0 Å². The average molecular weight is 404 g/mol. The Bertz CT molecular complexity index is 803. The molecule has 28 heavy (non-hydrogen) atoms. The molecule has 1 aliphatic heterocycles. The number of amides is 2. The molecule has 0 unspecified atom stereocenters. The van der Waals surface area contributed by atoms with Crippen molar-refractivity contribution in [2.75, 3.05) is 39.0 Å². The zero-order chi connectivity index (χ0) is 19.2. The Morgan fingerprint density at radius 1 is 1.00 bits per heavy atom. The maximum atomic E-state index is 12.5. The molecule has 0 saturated carbocycles. The molecule has 0 atom stereocenters. The normalized spacial score (nSPS) is 13.6. The highest BCUT2D eigenvalue weighted by Gasteiger charge is 2.24. The van der Waals surface area contributed by atoms with Crippen molar-refractivity contribution in [1.82, 2.24) is 9.80 Å². The molecule has 2 amide bonds. The molecular weight excluding hydrogens is 378 g/mol. The lowest BCUT2D eigenvalue weighted by Gasteiger charge is -2.35. The van der Waals surface area contributed by atoms with Crippen molar-refractivity contribution in [2.24, 2.45) is 0 Å². The van der Waals surface area contributed by atoms with Gasteiger partial charge in [-0.2, -0.15) is 0 Å². The molecule has 150 valence electrons. The summed E-state index contributed by atoms with van der Waals surface area (Å²) in [6.45, 7) is 2.22. The van der Waals surface area contributed by atoms with Crippen LogP contribution in [0.1, 0.15) is 22.3 Å². The van der Waals surface area contributed by atoms with Crippen LogP contribution < -0.4 is 10.5 Å². The van der Waals surface area contributed by atoms with E-state index in [4.69, 9.17) is 10.5 Å². The monoisotopic (exact) mass is 403 g/mol. The molecule has 3 rings (SSSR count). The quantitative estimate of drug-likeness (QED) is 0.778. The summed E-state index contributed by atoms with van der Waals surface area (Å²) in [6.07, 6.45) is 1.17. The summed E-state index contributed by atoms with van der Waals surface area (Å²) >= 11 is 0. The van der Waals surface area contributed by atoms with Gasteiger partial charge in [0.1, 0.15) is 5.75 Å². The Morgan fingerprint density at radius 3 is 2.25 bits per heavy atom. The van der Waals surface area contributed by atoms with E-state index in [1.807, 2.05) is 29.2 Å². The number of anilines is 1. The minimum atomic E-state index is -0.0346. The average Bonchev–Trinajstić information content (AvgIpc) is 2.72. The Morgan fingerprint density at radius 2 is 1.64 bits per heavy atom. The summed E-state index contributed by atoms with van der Waals surface area (Å²) < 4.78 is 5.14. The summed E-state index contributed by atoms with van der Waals surface area (Å²) in [4.78, 5) is 28.6. The van der Waals surface area contributed by atoms with E-state index in [9.17, 15) is 9.59 Å². The highest BCUT2D eigenvalue weighted by molar-refractivity contribution is 5.95. The van der Waals surface area contributed by atoms with Crippen molar-refractivity contribution < 1.29 is 14.3 Å². The zero-order valence-electron chi connectivity index (χ0n) is 16.0. The van der Waals surface area contributed by atoms with Gasteiger partial charge in [-0.25, -0.2) is 0 Å². The fraction of sp³-hybridized carbons (Fsp3) is 0.333. The lowest BCUT2D eigenvalue weighted by atomic mass is 10.1. The number of aryl methyl sites for hydroxylation is 1. The molecule has 1 saturated heterocycles. The van der Waals surface area contributed by atoms with E-state index in [0.717, 1.165) is 11.3 Å². The van der Waals surface area contributed by atoms with Gasteiger partial charge in [0.2, 0.25) is 5.91 Å². The van der Waals surface area contributed by atoms with E-state index >= 15 is 0 Å². The van der Waals surface area contributed by atoms with Crippen LogP contribution in [0.15, 0.2) is 48.5 Å². The Hall–Kier alpha value is -2.73. The molecule has 0 spiro atoms. The van der Waals surface area contributed by atoms with Gasteiger partial charge in [0.15, 0.2) is 0 Å². The van der Waals surface area contributed by atoms with E-state index in [-0.39, 0.29) is 24.2 Å². The number of benzene rings is 2. The molecule has 0 aromatic heterocycles. The molecule has 0 aliphatic carbocycles. The van der Waals surface area contributed by atoms with Crippen LogP contribution in [0.5, 0.6) is 5.75 Å².